The van der Waals surface area contributed by atoms with E-state index < -0.39 is 11.9 Å². The Morgan fingerprint density at radius 2 is 2.05 bits per heavy atom. The van der Waals surface area contributed by atoms with E-state index in [9.17, 15) is 9.59 Å². The second-order valence-corrected chi connectivity index (χ2v) is 5.16. The van der Waals surface area contributed by atoms with Crippen LogP contribution in [0.1, 0.15) is 23.3 Å². The molecule has 7 nitrogen and oxygen atoms in total. The molecule has 114 valence electrons. The molecule has 0 saturated heterocycles. The number of nitrogens with one attached hydrogen (secondary N) is 1. The maximum Gasteiger partial charge on any atom is 0.325 e. The third-order valence-electron chi connectivity index (χ3n) is 3.28. The van der Waals surface area contributed by atoms with E-state index >= 15 is 0 Å². The number of hydrogen-bond donors (Lipinski definition) is 1. The summed E-state index contributed by atoms with van der Waals surface area (Å²) in [5, 5.41) is 10.6. The molecule has 1 aliphatic rings. The van der Waals surface area contributed by atoms with Gasteiger partial charge in [0.2, 0.25) is 0 Å². The highest BCUT2D eigenvalue weighted by atomic mass is 16.5. The van der Waals surface area contributed by atoms with Crippen LogP contribution in [0.15, 0.2) is 36.5 Å². The van der Waals surface area contributed by atoms with Crippen LogP contribution in [-0.2, 0) is 9.53 Å². The highest BCUT2D eigenvalue weighted by molar-refractivity contribution is 5.93. The Morgan fingerprint density at radius 1 is 1.27 bits per heavy atom. The van der Waals surface area contributed by atoms with Crippen molar-refractivity contribution >= 4 is 11.9 Å². The quantitative estimate of drug-likeness (QED) is 0.803. The van der Waals surface area contributed by atoms with Crippen LogP contribution in [0.3, 0.4) is 0 Å². The number of carbonyl (C=O) groups excluding carboxylic acids is 2. The predicted octanol–water partition coefficient (Wildman–Crippen LogP) is 0.950. The van der Waals surface area contributed by atoms with Crippen LogP contribution in [0.5, 0.6) is 0 Å². The summed E-state index contributed by atoms with van der Waals surface area (Å²) in [7, 11) is 0. The molecule has 22 heavy (non-hydrogen) atoms. The van der Waals surface area contributed by atoms with E-state index in [0.29, 0.717) is 12.5 Å². The minimum absolute atomic E-state index is 0.152. The van der Waals surface area contributed by atoms with Crippen LogP contribution in [0, 0.1) is 5.92 Å². The van der Waals surface area contributed by atoms with Gasteiger partial charge in [-0.1, -0.05) is 18.2 Å². The third-order valence-corrected chi connectivity index (χ3v) is 3.28. The van der Waals surface area contributed by atoms with Crippen LogP contribution in [0.2, 0.25) is 0 Å². The first-order valence-electron chi connectivity index (χ1n) is 7.14. The van der Waals surface area contributed by atoms with Crippen LogP contribution in [0.25, 0.3) is 5.69 Å². The number of para-hydroxylation sites is 1. The third kappa shape index (κ3) is 3.69. The summed E-state index contributed by atoms with van der Waals surface area (Å²) in [5.41, 5.74) is 0.907. The minimum Gasteiger partial charge on any atom is -0.464 e. The minimum atomic E-state index is -0.453. The van der Waals surface area contributed by atoms with Crippen molar-refractivity contribution < 1.29 is 14.3 Å². The number of ether oxygens (including phenoxy) is 1. The molecule has 7 heteroatoms. The standard InChI is InChI=1S/C15H16N4O3/c20-14(22-10-11-6-7-11)9-16-15(21)13-8-17-19(18-13)12-4-2-1-3-5-12/h1-5,8,11H,6-7,9-10H2,(H,16,21). The van der Waals surface area contributed by atoms with Gasteiger partial charge in [0.05, 0.1) is 18.5 Å². The topological polar surface area (TPSA) is 86.1 Å². The zero-order valence-corrected chi connectivity index (χ0v) is 11.9. The molecule has 1 heterocycles. The van der Waals surface area contributed by atoms with E-state index in [4.69, 9.17) is 4.74 Å². The van der Waals surface area contributed by atoms with Crippen LogP contribution in [0.4, 0.5) is 0 Å². The second kappa shape index (κ2) is 6.38. The van der Waals surface area contributed by atoms with Crippen molar-refractivity contribution in [3.8, 4) is 5.69 Å². The molecule has 2 aromatic rings. The number of nitrogens with zero attached hydrogens (tertiary/aromatic N) is 3. The monoisotopic (exact) mass is 300 g/mol. The number of hydrogen-bond acceptors (Lipinski definition) is 5. The fraction of sp³-hybridized carbons (Fsp3) is 0.333. The van der Waals surface area contributed by atoms with Gasteiger partial charge in [-0.25, -0.2) is 0 Å². The first-order valence-corrected chi connectivity index (χ1v) is 7.14. The average Bonchev–Trinajstić information content (AvgIpc) is 3.25. The molecule has 0 radical (unpaired) electrons. The maximum absolute atomic E-state index is 11.9. The first-order chi connectivity index (χ1) is 10.7. The van der Waals surface area contributed by atoms with Crippen molar-refractivity contribution in [3.63, 3.8) is 0 Å². The smallest absolute Gasteiger partial charge is 0.325 e. The van der Waals surface area contributed by atoms with Crippen molar-refractivity contribution in [3.05, 3.63) is 42.2 Å². The van der Waals surface area contributed by atoms with Gasteiger partial charge in [-0.2, -0.15) is 9.90 Å². The van der Waals surface area contributed by atoms with Crippen molar-refractivity contribution in [1.29, 1.82) is 0 Å². The Balaban J connectivity index is 1.51. The number of amides is 1. The van der Waals surface area contributed by atoms with E-state index in [1.54, 1.807) is 0 Å². The number of esters is 1. The average molecular weight is 300 g/mol. The van der Waals surface area contributed by atoms with E-state index in [1.165, 1.54) is 11.0 Å². The second-order valence-electron chi connectivity index (χ2n) is 5.16. The number of carbonyl (C=O) groups is 2. The first kappa shape index (κ1) is 14.2. The zero-order chi connectivity index (χ0) is 15.4. The lowest BCUT2D eigenvalue weighted by atomic mass is 10.3. The summed E-state index contributed by atoms with van der Waals surface area (Å²) >= 11 is 0. The van der Waals surface area contributed by atoms with Gasteiger partial charge in [-0.15, -0.1) is 5.10 Å². The van der Waals surface area contributed by atoms with E-state index in [0.717, 1.165) is 18.5 Å². The van der Waals surface area contributed by atoms with Crippen molar-refractivity contribution in [2.45, 2.75) is 12.8 Å². The molecule has 3 rings (SSSR count). The Bertz CT molecular complexity index is 664. The van der Waals surface area contributed by atoms with Gasteiger partial charge >= 0.3 is 5.97 Å². The molecule has 0 atom stereocenters. The van der Waals surface area contributed by atoms with Crippen LogP contribution < -0.4 is 5.32 Å². The van der Waals surface area contributed by atoms with E-state index in [2.05, 4.69) is 15.5 Å². The van der Waals surface area contributed by atoms with Gasteiger partial charge in [0, 0.05) is 0 Å². The van der Waals surface area contributed by atoms with Gasteiger partial charge in [0.1, 0.15) is 6.54 Å². The Morgan fingerprint density at radius 3 is 2.77 bits per heavy atom. The predicted molar refractivity (Wildman–Crippen MR) is 77.4 cm³/mol. The van der Waals surface area contributed by atoms with E-state index in [1.807, 2.05) is 30.3 Å². The van der Waals surface area contributed by atoms with E-state index in [-0.39, 0.29) is 12.2 Å². The molecule has 0 unspecified atom stereocenters. The zero-order valence-electron chi connectivity index (χ0n) is 11.9. The summed E-state index contributed by atoms with van der Waals surface area (Å²) in [6.07, 6.45) is 3.59. The number of rotatable bonds is 6. The maximum atomic E-state index is 11.9. The molecule has 1 fully saturated rings. The van der Waals surface area contributed by atoms with Crippen molar-refractivity contribution in [1.82, 2.24) is 20.3 Å². The number of benzene rings is 1. The van der Waals surface area contributed by atoms with Gasteiger partial charge in [-0.05, 0) is 30.9 Å². The summed E-state index contributed by atoms with van der Waals surface area (Å²) in [5.74, 6) is -0.383. The van der Waals surface area contributed by atoms with Crippen LogP contribution >= 0.6 is 0 Å². The molecular formula is C15H16N4O3. The Hall–Kier alpha value is -2.70. The normalized spacial score (nSPS) is 13.6. The lowest BCUT2D eigenvalue weighted by molar-refractivity contribution is -0.142. The lowest BCUT2D eigenvalue weighted by Gasteiger charge is -2.04. The van der Waals surface area contributed by atoms with Gasteiger partial charge < -0.3 is 10.1 Å². The number of aromatic nitrogens is 3. The molecule has 1 aromatic carbocycles. The fourth-order valence-electron chi connectivity index (χ4n) is 1.84. The van der Waals surface area contributed by atoms with Gasteiger partial charge in [-0.3, -0.25) is 9.59 Å². The Kier molecular flexibility index (Phi) is 4.13. The fourth-order valence-corrected chi connectivity index (χ4v) is 1.84. The van der Waals surface area contributed by atoms with Crippen molar-refractivity contribution in [2.24, 2.45) is 5.92 Å². The molecule has 1 N–H and O–H groups in total. The summed E-state index contributed by atoms with van der Waals surface area (Å²) in [6, 6.07) is 9.25. The summed E-state index contributed by atoms with van der Waals surface area (Å²) in [6.45, 7) is 0.280. The van der Waals surface area contributed by atoms with Crippen molar-refractivity contribution in [2.75, 3.05) is 13.2 Å². The molecule has 0 spiro atoms. The summed E-state index contributed by atoms with van der Waals surface area (Å²) in [4.78, 5) is 24.7. The molecule has 0 bridgehead atoms. The molecule has 0 aliphatic heterocycles. The largest absolute Gasteiger partial charge is 0.464 e. The Labute approximate surface area is 127 Å². The summed E-state index contributed by atoms with van der Waals surface area (Å²) < 4.78 is 5.03. The SMILES string of the molecule is O=C(CNC(=O)c1cnn(-c2ccccc2)n1)OCC1CC1. The lowest BCUT2D eigenvalue weighted by Crippen LogP contribution is -2.31. The molecule has 1 amide bonds. The molecule has 1 aliphatic carbocycles. The van der Waals surface area contributed by atoms with Gasteiger partial charge in [0.15, 0.2) is 5.69 Å². The molecule has 1 aromatic heterocycles. The molecular weight excluding hydrogens is 284 g/mol. The van der Waals surface area contributed by atoms with Crippen LogP contribution in [-0.4, -0.2) is 40.0 Å². The van der Waals surface area contributed by atoms with Gasteiger partial charge in [0.25, 0.3) is 5.91 Å². The highest BCUT2D eigenvalue weighted by Crippen LogP contribution is 2.28. The molecule has 1 saturated carbocycles. The highest BCUT2D eigenvalue weighted by Gasteiger charge is 2.23.